The van der Waals surface area contributed by atoms with Crippen molar-refractivity contribution in [3.8, 4) is 0 Å². The van der Waals surface area contributed by atoms with Crippen LogP contribution >= 0.6 is 11.3 Å². The zero-order valence-electron chi connectivity index (χ0n) is 23.6. The van der Waals surface area contributed by atoms with Gasteiger partial charge >= 0.3 is 6.09 Å². The minimum atomic E-state index is -0.490. The van der Waals surface area contributed by atoms with E-state index < -0.39 is 5.60 Å². The number of anilines is 3. The van der Waals surface area contributed by atoms with Crippen molar-refractivity contribution in [3.63, 3.8) is 0 Å². The molecule has 3 heterocycles. The molecule has 1 N–H and O–H groups in total. The van der Waals surface area contributed by atoms with Crippen LogP contribution < -0.4 is 10.2 Å². The fourth-order valence-electron chi connectivity index (χ4n) is 5.47. The molecule has 0 atom stereocenters. The van der Waals surface area contributed by atoms with Crippen LogP contribution in [-0.2, 0) is 4.74 Å². The number of nitrogens with one attached hydrogen (secondary N) is 1. The van der Waals surface area contributed by atoms with E-state index in [1.807, 2.05) is 53.2 Å². The molecule has 2 aromatic heterocycles. The number of hydrogen-bond acceptors (Lipinski definition) is 7. The highest BCUT2D eigenvalue weighted by Crippen LogP contribution is 2.44. The van der Waals surface area contributed by atoms with Gasteiger partial charge in [-0.2, -0.15) is 0 Å². The Kier molecular flexibility index (Phi) is 7.71. The molecule has 2 amide bonds. The van der Waals surface area contributed by atoms with Crippen LogP contribution in [0.5, 0.6) is 0 Å². The highest BCUT2D eigenvalue weighted by Gasteiger charge is 2.29. The van der Waals surface area contributed by atoms with Gasteiger partial charge in [-0.15, -0.1) is 11.3 Å². The second kappa shape index (κ2) is 11.0. The van der Waals surface area contributed by atoms with E-state index in [0.29, 0.717) is 19.0 Å². The molecule has 2 aliphatic rings. The summed E-state index contributed by atoms with van der Waals surface area (Å²) in [6.45, 7) is 8.42. The summed E-state index contributed by atoms with van der Waals surface area (Å²) in [5.74, 6) is 1.28. The maximum atomic E-state index is 13.0. The van der Waals surface area contributed by atoms with Crippen LogP contribution in [0.15, 0.2) is 36.5 Å². The van der Waals surface area contributed by atoms with E-state index in [-0.39, 0.29) is 12.0 Å². The van der Waals surface area contributed by atoms with Crippen LogP contribution in [0.4, 0.5) is 22.0 Å². The van der Waals surface area contributed by atoms with Gasteiger partial charge in [0.2, 0.25) is 0 Å². The van der Waals surface area contributed by atoms with Gasteiger partial charge in [-0.3, -0.25) is 4.79 Å². The minimum Gasteiger partial charge on any atom is -0.444 e. The molecule has 0 bridgehead atoms. The Bertz CT molecular complexity index is 1350. The lowest BCUT2D eigenvalue weighted by Crippen LogP contribution is -2.50. The molecule has 0 radical (unpaired) electrons. The number of nitrogens with zero attached hydrogens (tertiary/aromatic N) is 4. The third-order valence-corrected chi connectivity index (χ3v) is 8.54. The van der Waals surface area contributed by atoms with Gasteiger partial charge in [0.25, 0.3) is 5.91 Å². The molecule has 39 heavy (non-hydrogen) atoms. The third kappa shape index (κ3) is 6.13. The van der Waals surface area contributed by atoms with Gasteiger partial charge in [0.15, 0.2) is 0 Å². The number of pyridine rings is 1. The predicted octanol–water partition coefficient (Wildman–Crippen LogP) is 6.46. The predicted molar refractivity (Wildman–Crippen MR) is 159 cm³/mol. The lowest BCUT2D eigenvalue weighted by molar-refractivity contribution is 0.0240. The molecule has 1 aliphatic carbocycles. The van der Waals surface area contributed by atoms with E-state index in [1.54, 1.807) is 21.1 Å². The molecule has 5 rings (SSSR count). The summed E-state index contributed by atoms with van der Waals surface area (Å²) in [7, 11) is 3.64. The van der Waals surface area contributed by atoms with Gasteiger partial charge < -0.3 is 24.8 Å². The number of amides is 2. The van der Waals surface area contributed by atoms with Crippen LogP contribution in [0.25, 0.3) is 10.1 Å². The quantitative estimate of drug-likeness (QED) is 0.394. The molecule has 3 aromatic rings. The Hall–Kier alpha value is -3.33. The van der Waals surface area contributed by atoms with Gasteiger partial charge in [-0.1, -0.05) is 18.9 Å². The number of ether oxygens (including phenoxy) is 1. The average molecular weight is 550 g/mol. The summed E-state index contributed by atoms with van der Waals surface area (Å²) in [6.07, 6.45) is 6.34. The van der Waals surface area contributed by atoms with Crippen LogP contribution in [0.3, 0.4) is 0 Å². The van der Waals surface area contributed by atoms with Gasteiger partial charge in [-0.25, -0.2) is 9.78 Å². The topological polar surface area (TPSA) is 78.0 Å². The Balaban J connectivity index is 1.33. The van der Waals surface area contributed by atoms with Crippen molar-refractivity contribution in [2.24, 2.45) is 0 Å². The fourth-order valence-corrected chi connectivity index (χ4v) is 6.73. The first-order valence-corrected chi connectivity index (χ1v) is 14.6. The first-order valence-electron chi connectivity index (χ1n) is 13.8. The molecule has 0 unspecified atom stereocenters. The lowest BCUT2D eigenvalue weighted by atomic mass is 9.94. The van der Waals surface area contributed by atoms with Gasteiger partial charge in [0, 0.05) is 63.2 Å². The summed E-state index contributed by atoms with van der Waals surface area (Å²) >= 11 is 1.56. The molecular weight excluding hydrogens is 510 g/mol. The van der Waals surface area contributed by atoms with Gasteiger partial charge in [-0.05, 0) is 69.4 Å². The highest BCUT2D eigenvalue weighted by molar-refractivity contribution is 7.21. The summed E-state index contributed by atoms with van der Waals surface area (Å²) in [4.78, 5) is 36.8. The van der Waals surface area contributed by atoms with E-state index in [0.717, 1.165) is 58.1 Å². The number of rotatable bonds is 5. The van der Waals surface area contributed by atoms with Crippen molar-refractivity contribution in [1.82, 2.24) is 14.8 Å². The van der Waals surface area contributed by atoms with Crippen molar-refractivity contribution in [1.29, 1.82) is 0 Å². The molecule has 8 nitrogen and oxygen atoms in total. The fraction of sp³-hybridized carbons (Fsp3) is 0.500. The van der Waals surface area contributed by atoms with E-state index in [9.17, 15) is 9.59 Å². The van der Waals surface area contributed by atoms with Crippen LogP contribution in [0.1, 0.15) is 67.6 Å². The SMILES string of the molecule is CN(C)C(=O)c1sc2cnc(Nc3cccc(N4CCN(C(=O)OC(C)(C)C)CC4)c3)cc2c1C1CCCC1. The first kappa shape index (κ1) is 27.2. The van der Waals surface area contributed by atoms with E-state index in [4.69, 9.17) is 9.72 Å². The van der Waals surface area contributed by atoms with Crippen molar-refractivity contribution in [3.05, 3.63) is 47.0 Å². The second-order valence-electron chi connectivity index (χ2n) is 11.7. The van der Waals surface area contributed by atoms with Crippen LogP contribution in [0.2, 0.25) is 0 Å². The minimum absolute atomic E-state index is 0.0760. The maximum absolute atomic E-state index is 13.0. The van der Waals surface area contributed by atoms with Gasteiger partial charge in [0.1, 0.15) is 11.4 Å². The Morgan fingerprint density at radius 1 is 1.08 bits per heavy atom. The second-order valence-corrected chi connectivity index (χ2v) is 12.8. The normalized spacial score (nSPS) is 16.5. The van der Waals surface area contributed by atoms with E-state index >= 15 is 0 Å². The molecule has 2 fully saturated rings. The molecule has 208 valence electrons. The molecule has 1 saturated heterocycles. The number of hydrogen-bond donors (Lipinski definition) is 1. The molecule has 0 spiro atoms. The standard InChI is InChI=1S/C30H39N5O3S/c1-30(2,3)38-29(37)35-15-13-34(14-16-35)22-12-8-11-21(17-22)32-25-18-23-24(19-31-25)39-27(28(36)33(4)5)26(23)20-9-6-7-10-20/h8,11-12,17-20H,6-7,9-10,13-16H2,1-5H3,(H,31,32). The summed E-state index contributed by atoms with van der Waals surface area (Å²) in [5, 5.41) is 4.64. The number of benzene rings is 1. The zero-order chi connectivity index (χ0) is 27.7. The Morgan fingerprint density at radius 3 is 2.46 bits per heavy atom. The first-order chi connectivity index (χ1) is 18.6. The maximum Gasteiger partial charge on any atom is 0.410 e. The molecule has 9 heteroatoms. The average Bonchev–Trinajstić information content (AvgIpc) is 3.55. The van der Waals surface area contributed by atoms with Crippen LogP contribution in [0, 0.1) is 0 Å². The Labute approximate surface area is 234 Å². The summed E-state index contributed by atoms with van der Waals surface area (Å²) in [5.41, 5.74) is 2.77. The smallest absolute Gasteiger partial charge is 0.410 e. The van der Waals surface area contributed by atoms with E-state index in [1.165, 1.54) is 18.4 Å². The van der Waals surface area contributed by atoms with Crippen molar-refractivity contribution < 1.29 is 14.3 Å². The van der Waals surface area contributed by atoms with Crippen molar-refractivity contribution in [2.45, 2.75) is 58.0 Å². The van der Waals surface area contributed by atoms with Crippen molar-refractivity contribution >= 4 is 50.6 Å². The largest absolute Gasteiger partial charge is 0.444 e. The lowest BCUT2D eigenvalue weighted by Gasteiger charge is -2.36. The number of carbonyl (C=O) groups is 2. The zero-order valence-corrected chi connectivity index (χ0v) is 24.4. The number of piperazine rings is 1. The summed E-state index contributed by atoms with van der Waals surface area (Å²) < 4.78 is 6.59. The molecule has 1 saturated carbocycles. The molecule has 1 aliphatic heterocycles. The summed E-state index contributed by atoms with van der Waals surface area (Å²) in [6, 6.07) is 10.4. The number of carbonyl (C=O) groups excluding carboxylic acids is 2. The number of aromatic nitrogens is 1. The molecule has 1 aromatic carbocycles. The number of fused-ring (bicyclic) bond motifs is 1. The monoisotopic (exact) mass is 549 g/mol. The van der Waals surface area contributed by atoms with Crippen molar-refractivity contribution in [2.75, 3.05) is 50.5 Å². The third-order valence-electron chi connectivity index (χ3n) is 7.39. The Morgan fingerprint density at radius 2 is 1.79 bits per heavy atom. The number of thiophene rings is 1. The van der Waals surface area contributed by atoms with E-state index in [2.05, 4.69) is 28.4 Å². The van der Waals surface area contributed by atoms with Crippen LogP contribution in [-0.4, -0.2) is 72.7 Å². The van der Waals surface area contributed by atoms with Gasteiger partial charge in [0.05, 0.1) is 9.58 Å². The molecular formula is C30H39N5O3S. The highest BCUT2D eigenvalue weighted by atomic mass is 32.1.